The van der Waals surface area contributed by atoms with Gasteiger partial charge in [0.2, 0.25) is 5.91 Å². The molecule has 0 aliphatic carbocycles. The van der Waals surface area contributed by atoms with Crippen molar-refractivity contribution in [2.24, 2.45) is 0 Å². The summed E-state index contributed by atoms with van der Waals surface area (Å²) in [4.78, 5) is 26.4. The van der Waals surface area contributed by atoms with E-state index in [1.54, 1.807) is 12.1 Å². The van der Waals surface area contributed by atoms with Crippen LogP contribution in [0.25, 0.3) is 0 Å². The van der Waals surface area contributed by atoms with Gasteiger partial charge in [0.15, 0.2) is 0 Å². The number of benzene rings is 3. The summed E-state index contributed by atoms with van der Waals surface area (Å²) in [6.45, 7) is 2.31. The first-order valence-corrected chi connectivity index (χ1v) is 10.6. The van der Waals surface area contributed by atoms with Gasteiger partial charge in [-0.2, -0.15) is 0 Å². The minimum absolute atomic E-state index is 0.137. The number of hydrogen-bond acceptors (Lipinski definition) is 3. The fourth-order valence-electron chi connectivity index (χ4n) is 3.68. The number of amides is 2. The molecule has 5 heteroatoms. The van der Waals surface area contributed by atoms with Gasteiger partial charge in [0, 0.05) is 31.6 Å². The Morgan fingerprint density at radius 1 is 0.903 bits per heavy atom. The summed E-state index contributed by atoms with van der Waals surface area (Å²) in [5, 5.41) is 2.99. The van der Waals surface area contributed by atoms with Crippen molar-refractivity contribution >= 4 is 11.8 Å². The molecule has 31 heavy (non-hydrogen) atoms. The fourth-order valence-corrected chi connectivity index (χ4v) is 3.68. The Morgan fingerprint density at radius 2 is 1.61 bits per heavy atom. The zero-order valence-corrected chi connectivity index (χ0v) is 17.4. The van der Waals surface area contributed by atoms with Crippen molar-refractivity contribution in [3.63, 3.8) is 0 Å². The van der Waals surface area contributed by atoms with Crippen LogP contribution in [0, 0.1) is 0 Å². The molecular weight excluding hydrogens is 388 g/mol. The first kappa shape index (κ1) is 20.7. The average molecular weight is 415 g/mol. The molecule has 0 radical (unpaired) electrons. The molecule has 1 aliphatic heterocycles. The number of hydrogen-bond donors (Lipinski definition) is 1. The maximum Gasteiger partial charge on any atom is 0.251 e. The second-order valence-corrected chi connectivity index (χ2v) is 7.67. The number of carbonyl (C=O) groups excluding carboxylic acids is 2. The van der Waals surface area contributed by atoms with Crippen molar-refractivity contribution in [1.82, 2.24) is 10.2 Å². The molecule has 3 aromatic rings. The molecule has 4 rings (SSSR count). The molecule has 2 amide bonds. The normalized spacial score (nSPS) is 13.3. The van der Waals surface area contributed by atoms with E-state index >= 15 is 0 Å². The van der Waals surface area contributed by atoms with E-state index in [0.29, 0.717) is 31.7 Å². The molecule has 158 valence electrons. The minimum Gasteiger partial charge on any atom is -0.489 e. The quantitative estimate of drug-likeness (QED) is 0.597. The number of ether oxygens (including phenoxy) is 1. The van der Waals surface area contributed by atoms with Gasteiger partial charge in [0.25, 0.3) is 5.91 Å². The first-order chi connectivity index (χ1) is 15.2. The third-order valence-corrected chi connectivity index (χ3v) is 5.46. The molecule has 0 atom stereocenters. The van der Waals surface area contributed by atoms with Crippen molar-refractivity contribution in [1.29, 1.82) is 0 Å². The van der Waals surface area contributed by atoms with Crippen molar-refractivity contribution in [2.75, 3.05) is 6.54 Å². The van der Waals surface area contributed by atoms with Crippen molar-refractivity contribution in [3.05, 3.63) is 101 Å². The standard InChI is InChI=1S/C26H26N2O3/c29-25-11-6-16-28(25)18-23-10-5-4-9-22(23)17-27-26(30)21-12-14-24(15-13-21)31-19-20-7-2-1-3-8-20/h1-5,7-10,12-15H,6,11,16-19H2,(H,27,30). The predicted octanol–water partition coefficient (Wildman–Crippen LogP) is 4.32. The average Bonchev–Trinajstić information content (AvgIpc) is 3.22. The fraction of sp³-hybridized carbons (Fsp3) is 0.231. The van der Waals surface area contributed by atoms with E-state index in [-0.39, 0.29) is 11.8 Å². The first-order valence-electron chi connectivity index (χ1n) is 10.6. The van der Waals surface area contributed by atoms with Crippen LogP contribution >= 0.6 is 0 Å². The highest BCUT2D eigenvalue weighted by Crippen LogP contribution is 2.18. The monoisotopic (exact) mass is 414 g/mol. The van der Waals surface area contributed by atoms with Crippen molar-refractivity contribution in [2.45, 2.75) is 32.5 Å². The molecule has 0 spiro atoms. The second-order valence-electron chi connectivity index (χ2n) is 7.67. The Hall–Kier alpha value is -3.60. The Labute approximate surface area is 182 Å². The lowest BCUT2D eigenvalue weighted by atomic mass is 10.1. The van der Waals surface area contributed by atoms with Crippen LogP contribution in [0.15, 0.2) is 78.9 Å². The van der Waals surface area contributed by atoms with Crippen LogP contribution in [0.3, 0.4) is 0 Å². The zero-order valence-electron chi connectivity index (χ0n) is 17.4. The molecule has 1 fully saturated rings. The van der Waals surface area contributed by atoms with Gasteiger partial charge in [-0.05, 0) is 47.4 Å². The van der Waals surface area contributed by atoms with Gasteiger partial charge in [-0.25, -0.2) is 0 Å². The smallest absolute Gasteiger partial charge is 0.251 e. The zero-order chi connectivity index (χ0) is 21.5. The SMILES string of the molecule is O=C(NCc1ccccc1CN1CCCC1=O)c1ccc(OCc2ccccc2)cc1. The molecule has 1 aliphatic rings. The van der Waals surface area contributed by atoms with E-state index in [2.05, 4.69) is 5.32 Å². The van der Waals surface area contributed by atoms with E-state index in [0.717, 1.165) is 35.4 Å². The Morgan fingerprint density at radius 3 is 2.32 bits per heavy atom. The lowest BCUT2D eigenvalue weighted by molar-refractivity contribution is -0.128. The molecule has 0 unspecified atom stereocenters. The van der Waals surface area contributed by atoms with Crippen LogP contribution in [0.1, 0.15) is 39.9 Å². The lowest BCUT2D eigenvalue weighted by Crippen LogP contribution is -2.26. The van der Waals surface area contributed by atoms with Gasteiger partial charge in [0.05, 0.1) is 0 Å². The van der Waals surface area contributed by atoms with Crippen LogP contribution < -0.4 is 10.1 Å². The molecule has 3 aromatic carbocycles. The molecule has 1 heterocycles. The number of likely N-dealkylation sites (tertiary alicyclic amines) is 1. The lowest BCUT2D eigenvalue weighted by Gasteiger charge is -2.18. The molecule has 1 N–H and O–H groups in total. The third-order valence-electron chi connectivity index (χ3n) is 5.46. The number of nitrogens with zero attached hydrogens (tertiary/aromatic N) is 1. The molecular formula is C26H26N2O3. The highest BCUT2D eigenvalue weighted by atomic mass is 16.5. The molecule has 5 nitrogen and oxygen atoms in total. The summed E-state index contributed by atoms with van der Waals surface area (Å²) >= 11 is 0. The molecule has 0 aromatic heterocycles. The number of rotatable bonds is 8. The van der Waals surface area contributed by atoms with Gasteiger partial charge in [-0.1, -0.05) is 54.6 Å². The Bertz CT molecular complexity index is 1030. The van der Waals surface area contributed by atoms with Gasteiger partial charge in [-0.3, -0.25) is 9.59 Å². The molecule has 1 saturated heterocycles. The minimum atomic E-state index is -0.137. The summed E-state index contributed by atoms with van der Waals surface area (Å²) < 4.78 is 5.78. The van der Waals surface area contributed by atoms with Gasteiger partial charge in [0.1, 0.15) is 12.4 Å². The van der Waals surface area contributed by atoms with Crippen molar-refractivity contribution < 1.29 is 14.3 Å². The van der Waals surface area contributed by atoms with Crippen LogP contribution in [0.5, 0.6) is 5.75 Å². The summed E-state index contributed by atoms with van der Waals surface area (Å²) in [6.07, 6.45) is 1.55. The third kappa shape index (κ3) is 5.51. The van der Waals surface area contributed by atoms with E-state index in [4.69, 9.17) is 4.74 Å². The van der Waals surface area contributed by atoms with Crippen LogP contribution in [-0.2, 0) is 24.5 Å². The second kappa shape index (κ2) is 9.94. The van der Waals surface area contributed by atoms with Crippen LogP contribution in [-0.4, -0.2) is 23.3 Å². The van der Waals surface area contributed by atoms with Crippen molar-refractivity contribution in [3.8, 4) is 5.75 Å². The van der Waals surface area contributed by atoms with Crippen LogP contribution in [0.2, 0.25) is 0 Å². The van der Waals surface area contributed by atoms with Gasteiger partial charge >= 0.3 is 0 Å². The van der Waals surface area contributed by atoms with E-state index in [1.165, 1.54) is 0 Å². The summed E-state index contributed by atoms with van der Waals surface area (Å²) in [5.74, 6) is 0.788. The van der Waals surface area contributed by atoms with E-state index in [9.17, 15) is 9.59 Å². The Balaban J connectivity index is 1.32. The number of nitrogens with one attached hydrogen (secondary N) is 1. The number of carbonyl (C=O) groups is 2. The largest absolute Gasteiger partial charge is 0.489 e. The van der Waals surface area contributed by atoms with Gasteiger partial charge in [-0.15, -0.1) is 0 Å². The van der Waals surface area contributed by atoms with E-state index in [1.807, 2.05) is 71.6 Å². The van der Waals surface area contributed by atoms with E-state index < -0.39 is 0 Å². The topological polar surface area (TPSA) is 58.6 Å². The maximum atomic E-state index is 12.6. The summed E-state index contributed by atoms with van der Waals surface area (Å²) in [7, 11) is 0. The summed E-state index contributed by atoms with van der Waals surface area (Å²) in [6, 6.07) is 25.1. The summed E-state index contributed by atoms with van der Waals surface area (Å²) in [5.41, 5.74) is 3.78. The highest BCUT2D eigenvalue weighted by Gasteiger charge is 2.21. The Kier molecular flexibility index (Phi) is 6.62. The predicted molar refractivity (Wildman–Crippen MR) is 119 cm³/mol. The van der Waals surface area contributed by atoms with Crippen LogP contribution in [0.4, 0.5) is 0 Å². The molecule has 0 saturated carbocycles. The highest BCUT2D eigenvalue weighted by molar-refractivity contribution is 5.94. The molecule has 0 bridgehead atoms. The van der Waals surface area contributed by atoms with Gasteiger partial charge < -0.3 is 15.0 Å². The maximum absolute atomic E-state index is 12.6.